The van der Waals surface area contributed by atoms with E-state index < -0.39 is 0 Å². The summed E-state index contributed by atoms with van der Waals surface area (Å²) in [5.41, 5.74) is 10.3. The van der Waals surface area contributed by atoms with Crippen LogP contribution in [-0.2, 0) is 11.2 Å². The topological polar surface area (TPSA) is 68.1 Å². The van der Waals surface area contributed by atoms with Crippen molar-refractivity contribution >= 4 is 22.6 Å². The fraction of sp³-hybridized carbons (Fsp3) is 0.118. The molecule has 1 heterocycles. The highest BCUT2D eigenvalue weighted by atomic mass is 16.5. The second-order valence-electron chi connectivity index (χ2n) is 5.01. The van der Waals surface area contributed by atoms with Crippen molar-refractivity contribution in [3.05, 3.63) is 65.4 Å². The van der Waals surface area contributed by atoms with Gasteiger partial charge in [-0.3, -0.25) is 0 Å². The van der Waals surface area contributed by atoms with Crippen molar-refractivity contribution in [1.29, 1.82) is 0 Å². The second kappa shape index (κ2) is 5.32. The van der Waals surface area contributed by atoms with Crippen LogP contribution in [0.5, 0.6) is 0 Å². The van der Waals surface area contributed by atoms with Gasteiger partial charge in [0.15, 0.2) is 0 Å². The molecule has 0 amide bonds. The molecule has 106 valence electrons. The molecule has 0 aliphatic rings. The number of fused-ring (bicyclic) bond motifs is 1. The predicted molar refractivity (Wildman–Crippen MR) is 83.3 cm³/mol. The highest BCUT2D eigenvalue weighted by molar-refractivity contribution is 5.94. The first-order chi connectivity index (χ1) is 10.2. The normalized spacial score (nSPS) is 10.7. The Morgan fingerprint density at radius 3 is 2.81 bits per heavy atom. The summed E-state index contributed by atoms with van der Waals surface area (Å²) >= 11 is 0. The molecule has 0 spiro atoms. The Bertz CT molecular complexity index is 805. The van der Waals surface area contributed by atoms with Crippen LogP contribution in [0.1, 0.15) is 21.6 Å². The number of benzene rings is 2. The van der Waals surface area contributed by atoms with E-state index in [2.05, 4.69) is 11.1 Å². The third kappa shape index (κ3) is 2.74. The van der Waals surface area contributed by atoms with Crippen molar-refractivity contribution in [3.8, 4) is 0 Å². The number of anilines is 1. The minimum Gasteiger partial charge on any atom is -0.465 e. The van der Waals surface area contributed by atoms with Gasteiger partial charge < -0.3 is 15.5 Å². The molecule has 0 bridgehead atoms. The number of esters is 1. The molecular formula is C17H16N2O2. The molecule has 4 nitrogen and oxygen atoms in total. The van der Waals surface area contributed by atoms with E-state index in [1.165, 1.54) is 7.11 Å². The zero-order chi connectivity index (χ0) is 14.8. The minimum atomic E-state index is -0.330. The molecule has 0 saturated heterocycles. The number of nitrogens with one attached hydrogen (secondary N) is 1. The van der Waals surface area contributed by atoms with Crippen LogP contribution in [-0.4, -0.2) is 18.1 Å². The van der Waals surface area contributed by atoms with Crippen LogP contribution in [0, 0.1) is 0 Å². The van der Waals surface area contributed by atoms with Gasteiger partial charge in [-0.25, -0.2) is 4.79 Å². The molecule has 3 rings (SSSR count). The first kappa shape index (κ1) is 13.2. The molecule has 21 heavy (non-hydrogen) atoms. The summed E-state index contributed by atoms with van der Waals surface area (Å²) in [6.07, 6.45) is 0.771. The van der Waals surface area contributed by atoms with Crippen LogP contribution in [0.25, 0.3) is 10.9 Å². The fourth-order valence-electron chi connectivity index (χ4n) is 2.45. The second-order valence-corrected chi connectivity index (χ2v) is 5.01. The largest absolute Gasteiger partial charge is 0.465 e. The highest BCUT2D eigenvalue weighted by Crippen LogP contribution is 2.20. The smallest absolute Gasteiger partial charge is 0.337 e. The number of methoxy groups -OCH3 is 1. The number of nitrogens with two attached hydrogens (primary N) is 1. The monoisotopic (exact) mass is 280 g/mol. The number of hydrogen-bond donors (Lipinski definition) is 2. The third-order valence-electron chi connectivity index (χ3n) is 3.44. The Balaban J connectivity index is 1.92. The number of hydrogen-bond acceptors (Lipinski definition) is 3. The van der Waals surface area contributed by atoms with Gasteiger partial charge in [0.2, 0.25) is 0 Å². The number of ether oxygens (including phenoxy) is 1. The van der Waals surface area contributed by atoms with Crippen molar-refractivity contribution in [3.63, 3.8) is 0 Å². The summed E-state index contributed by atoms with van der Waals surface area (Å²) in [6.45, 7) is 0. The molecule has 4 heteroatoms. The maximum Gasteiger partial charge on any atom is 0.337 e. The molecule has 0 unspecified atom stereocenters. The number of rotatable bonds is 3. The van der Waals surface area contributed by atoms with Gasteiger partial charge in [0.1, 0.15) is 0 Å². The molecule has 0 aliphatic heterocycles. The van der Waals surface area contributed by atoms with Crippen LogP contribution in [0.2, 0.25) is 0 Å². The molecule has 0 aliphatic carbocycles. The fourth-order valence-corrected chi connectivity index (χ4v) is 2.45. The molecule has 1 aromatic heterocycles. The Hall–Kier alpha value is -2.75. The maximum atomic E-state index is 11.5. The Morgan fingerprint density at radius 2 is 2.05 bits per heavy atom. The van der Waals surface area contributed by atoms with Gasteiger partial charge in [-0.1, -0.05) is 18.2 Å². The molecule has 2 aromatic carbocycles. The van der Waals surface area contributed by atoms with E-state index in [1.54, 1.807) is 6.07 Å². The van der Waals surface area contributed by atoms with Gasteiger partial charge in [0.25, 0.3) is 0 Å². The van der Waals surface area contributed by atoms with E-state index in [4.69, 9.17) is 10.5 Å². The quantitative estimate of drug-likeness (QED) is 0.572. The van der Waals surface area contributed by atoms with Crippen molar-refractivity contribution < 1.29 is 9.53 Å². The molecule has 3 aromatic rings. The number of carbonyl (C=O) groups is 1. The summed E-state index contributed by atoms with van der Waals surface area (Å²) in [6, 6.07) is 15.4. The van der Waals surface area contributed by atoms with E-state index in [0.29, 0.717) is 5.56 Å². The first-order valence-electron chi connectivity index (χ1n) is 6.70. The molecule has 0 radical (unpaired) electrons. The van der Waals surface area contributed by atoms with Gasteiger partial charge in [-0.2, -0.15) is 0 Å². The third-order valence-corrected chi connectivity index (χ3v) is 3.44. The molecule has 0 saturated carbocycles. The van der Waals surface area contributed by atoms with Gasteiger partial charge in [-0.15, -0.1) is 0 Å². The van der Waals surface area contributed by atoms with Crippen LogP contribution < -0.4 is 5.73 Å². The van der Waals surface area contributed by atoms with E-state index in [-0.39, 0.29) is 5.97 Å². The average Bonchev–Trinajstić information content (AvgIpc) is 2.87. The number of aromatic amines is 1. The molecule has 0 fully saturated rings. The van der Waals surface area contributed by atoms with Crippen LogP contribution in [0.15, 0.2) is 48.5 Å². The van der Waals surface area contributed by atoms with Gasteiger partial charge in [-0.05, 0) is 41.3 Å². The number of aromatic nitrogens is 1. The van der Waals surface area contributed by atoms with Crippen LogP contribution in [0.4, 0.5) is 5.69 Å². The van der Waals surface area contributed by atoms with Gasteiger partial charge in [0, 0.05) is 23.3 Å². The molecule has 3 N–H and O–H groups in total. The van der Waals surface area contributed by atoms with E-state index in [9.17, 15) is 4.79 Å². The molecule has 0 atom stereocenters. The van der Waals surface area contributed by atoms with Crippen molar-refractivity contribution in [2.24, 2.45) is 0 Å². The van der Waals surface area contributed by atoms with E-state index >= 15 is 0 Å². The summed E-state index contributed by atoms with van der Waals surface area (Å²) < 4.78 is 4.73. The van der Waals surface area contributed by atoms with E-state index in [1.807, 2.05) is 36.4 Å². The molecular weight excluding hydrogens is 264 g/mol. The lowest BCUT2D eigenvalue weighted by atomic mass is 10.1. The number of H-pyrrole nitrogens is 1. The maximum absolute atomic E-state index is 11.5. The predicted octanol–water partition coefficient (Wildman–Crippen LogP) is 3.13. The van der Waals surface area contributed by atoms with Crippen molar-refractivity contribution in [2.45, 2.75) is 6.42 Å². The van der Waals surface area contributed by atoms with Crippen LogP contribution in [0.3, 0.4) is 0 Å². The van der Waals surface area contributed by atoms with Gasteiger partial charge in [0.05, 0.1) is 12.7 Å². The average molecular weight is 280 g/mol. The Labute approximate surface area is 122 Å². The highest BCUT2D eigenvalue weighted by Gasteiger charge is 2.08. The Morgan fingerprint density at radius 1 is 1.19 bits per heavy atom. The lowest BCUT2D eigenvalue weighted by molar-refractivity contribution is 0.0601. The van der Waals surface area contributed by atoms with Crippen molar-refractivity contribution in [1.82, 2.24) is 4.98 Å². The summed E-state index contributed by atoms with van der Waals surface area (Å²) in [4.78, 5) is 14.9. The SMILES string of the molecule is COC(=O)c1ccc2cc(Cc3cccc(N)c3)[nH]c2c1. The zero-order valence-electron chi connectivity index (χ0n) is 11.7. The summed E-state index contributed by atoms with van der Waals surface area (Å²) in [5.74, 6) is -0.330. The lowest BCUT2D eigenvalue weighted by Gasteiger charge is -2.00. The lowest BCUT2D eigenvalue weighted by Crippen LogP contribution is -2.00. The first-order valence-corrected chi connectivity index (χ1v) is 6.70. The van der Waals surface area contributed by atoms with Crippen molar-refractivity contribution in [2.75, 3.05) is 12.8 Å². The minimum absolute atomic E-state index is 0.330. The number of carbonyl (C=O) groups excluding carboxylic acids is 1. The van der Waals surface area contributed by atoms with Gasteiger partial charge >= 0.3 is 5.97 Å². The standard InChI is InChI=1S/C17H16N2O2/c1-21-17(20)13-6-5-12-9-15(19-16(12)10-13)8-11-3-2-4-14(18)7-11/h2-7,9-10,19H,8,18H2,1H3. The summed E-state index contributed by atoms with van der Waals surface area (Å²) in [5, 5.41) is 1.07. The summed E-state index contributed by atoms with van der Waals surface area (Å²) in [7, 11) is 1.38. The number of nitrogen functional groups attached to an aromatic ring is 1. The zero-order valence-corrected chi connectivity index (χ0v) is 11.7. The Kier molecular flexibility index (Phi) is 3.36. The van der Waals surface area contributed by atoms with Crippen LogP contribution >= 0.6 is 0 Å². The van der Waals surface area contributed by atoms with E-state index in [0.717, 1.165) is 34.3 Å².